The largest absolute Gasteiger partial charge is 0.392 e. The van der Waals surface area contributed by atoms with E-state index >= 15 is 0 Å². The molecule has 1 aromatic carbocycles. The van der Waals surface area contributed by atoms with E-state index in [1.807, 2.05) is 0 Å². The quantitative estimate of drug-likeness (QED) is 0.845. The van der Waals surface area contributed by atoms with E-state index in [0.29, 0.717) is 6.04 Å². The van der Waals surface area contributed by atoms with Crippen LogP contribution in [0.2, 0.25) is 0 Å². The lowest BCUT2D eigenvalue weighted by atomic mass is 10.2. The minimum Gasteiger partial charge on any atom is -0.392 e. The van der Waals surface area contributed by atoms with Crippen molar-refractivity contribution < 1.29 is 17.9 Å². The van der Waals surface area contributed by atoms with Gasteiger partial charge >= 0.3 is 0 Å². The Hall–Kier alpha value is -1.02. The van der Waals surface area contributed by atoms with Gasteiger partial charge in [0.2, 0.25) is 10.0 Å². The summed E-state index contributed by atoms with van der Waals surface area (Å²) in [6.07, 6.45) is 3.21. The minimum absolute atomic E-state index is 0.00202. The van der Waals surface area contributed by atoms with Crippen LogP contribution in [0.1, 0.15) is 24.8 Å². The SMILES string of the molecule is O=S(=O)(NC1CCN(C2CC2)C1)c1ccc(F)c(CO)c1. The molecule has 2 fully saturated rings. The van der Waals surface area contributed by atoms with E-state index in [4.69, 9.17) is 5.11 Å². The van der Waals surface area contributed by atoms with Gasteiger partial charge in [-0.3, -0.25) is 4.90 Å². The van der Waals surface area contributed by atoms with Gasteiger partial charge in [-0.15, -0.1) is 0 Å². The first kappa shape index (κ1) is 14.9. The topological polar surface area (TPSA) is 69.6 Å². The maximum absolute atomic E-state index is 13.3. The van der Waals surface area contributed by atoms with Crippen LogP contribution in [0.5, 0.6) is 0 Å². The molecule has 1 saturated carbocycles. The molecule has 1 saturated heterocycles. The first-order valence-electron chi connectivity index (χ1n) is 7.15. The third-order valence-electron chi connectivity index (χ3n) is 4.10. The summed E-state index contributed by atoms with van der Waals surface area (Å²) in [6.45, 7) is 1.13. The number of sulfonamides is 1. The van der Waals surface area contributed by atoms with Crippen molar-refractivity contribution in [2.45, 2.75) is 42.8 Å². The number of aliphatic hydroxyl groups is 1. The fraction of sp³-hybridized carbons (Fsp3) is 0.571. The van der Waals surface area contributed by atoms with Gasteiger partial charge in [-0.05, 0) is 37.5 Å². The molecule has 2 aliphatic rings. The van der Waals surface area contributed by atoms with Crippen LogP contribution in [0.25, 0.3) is 0 Å². The molecule has 2 N–H and O–H groups in total. The molecule has 0 radical (unpaired) electrons. The molecule has 3 rings (SSSR count). The Balaban J connectivity index is 1.71. The standard InChI is InChI=1S/C14H19FN2O3S/c15-14-4-3-13(7-10(14)9-18)21(19,20)16-11-5-6-17(8-11)12-1-2-12/h3-4,7,11-12,16,18H,1-2,5-6,8-9H2. The summed E-state index contributed by atoms with van der Waals surface area (Å²) in [7, 11) is -3.68. The number of rotatable bonds is 5. The van der Waals surface area contributed by atoms with Gasteiger partial charge < -0.3 is 5.11 Å². The highest BCUT2D eigenvalue weighted by atomic mass is 32.2. The number of likely N-dealkylation sites (tertiary alicyclic amines) is 1. The Labute approximate surface area is 123 Å². The maximum Gasteiger partial charge on any atom is 0.240 e. The normalized spacial score (nSPS) is 23.6. The molecule has 1 unspecified atom stereocenters. The summed E-state index contributed by atoms with van der Waals surface area (Å²) in [5, 5.41) is 9.03. The summed E-state index contributed by atoms with van der Waals surface area (Å²) in [4.78, 5) is 2.31. The van der Waals surface area contributed by atoms with Crippen LogP contribution < -0.4 is 4.72 Å². The van der Waals surface area contributed by atoms with Crippen LogP contribution in [-0.2, 0) is 16.6 Å². The van der Waals surface area contributed by atoms with Gasteiger partial charge in [-0.2, -0.15) is 0 Å². The van der Waals surface area contributed by atoms with Gasteiger partial charge in [-0.25, -0.2) is 17.5 Å². The predicted octanol–water partition coefficient (Wildman–Crippen LogP) is 0.833. The van der Waals surface area contributed by atoms with Gasteiger partial charge in [0, 0.05) is 30.7 Å². The van der Waals surface area contributed by atoms with Gasteiger partial charge in [0.15, 0.2) is 0 Å². The second kappa shape index (κ2) is 5.64. The second-order valence-corrected chi connectivity index (χ2v) is 7.46. The van der Waals surface area contributed by atoms with Gasteiger partial charge in [0.25, 0.3) is 0 Å². The lowest BCUT2D eigenvalue weighted by molar-refractivity contribution is 0.275. The van der Waals surface area contributed by atoms with Crippen molar-refractivity contribution in [2.24, 2.45) is 0 Å². The molecule has 21 heavy (non-hydrogen) atoms. The van der Waals surface area contributed by atoms with Crippen LogP contribution in [0.4, 0.5) is 4.39 Å². The van der Waals surface area contributed by atoms with E-state index in [-0.39, 0.29) is 16.5 Å². The Kier molecular flexibility index (Phi) is 4.00. The molecule has 0 aromatic heterocycles. The molecule has 0 bridgehead atoms. The first-order chi connectivity index (χ1) is 9.99. The molecule has 116 valence electrons. The first-order valence-corrected chi connectivity index (χ1v) is 8.63. The summed E-state index contributed by atoms with van der Waals surface area (Å²) >= 11 is 0. The summed E-state index contributed by atoms with van der Waals surface area (Å²) in [6, 6.07) is 4.02. The fourth-order valence-electron chi connectivity index (χ4n) is 2.78. The lowest BCUT2D eigenvalue weighted by Crippen LogP contribution is -2.37. The average Bonchev–Trinajstić information content (AvgIpc) is 3.20. The predicted molar refractivity (Wildman–Crippen MR) is 75.6 cm³/mol. The maximum atomic E-state index is 13.3. The lowest BCUT2D eigenvalue weighted by Gasteiger charge is -2.16. The molecule has 7 heteroatoms. The molecule has 1 aliphatic heterocycles. The molecule has 0 amide bonds. The van der Waals surface area contributed by atoms with Crippen molar-refractivity contribution in [3.63, 3.8) is 0 Å². The third kappa shape index (κ3) is 3.26. The van der Waals surface area contributed by atoms with E-state index < -0.39 is 22.4 Å². The number of hydrogen-bond acceptors (Lipinski definition) is 4. The van der Waals surface area contributed by atoms with Crippen LogP contribution >= 0.6 is 0 Å². The number of aliphatic hydroxyl groups excluding tert-OH is 1. The van der Waals surface area contributed by atoms with Gasteiger partial charge in [0.1, 0.15) is 5.82 Å². The van der Waals surface area contributed by atoms with E-state index in [1.54, 1.807) is 0 Å². The molecule has 1 aliphatic carbocycles. The minimum atomic E-state index is -3.68. The third-order valence-corrected chi connectivity index (χ3v) is 5.62. The van der Waals surface area contributed by atoms with Crippen LogP contribution in [-0.4, -0.2) is 43.6 Å². The Morgan fingerprint density at radius 2 is 2.10 bits per heavy atom. The smallest absolute Gasteiger partial charge is 0.240 e. The van der Waals surface area contributed by atoms with Crippen molar-refractivity contribution in [1.82, 2.24) is 9.62 Å². The highest BCUT2D eigenvalue weighted by Crippen LogP contribution is 2.30. The molecule has 1 atom stereocenters. The zero-order valence-corrected chi connectivity index (χ0v) is 12.4. The fourth-order valence-corrected chi connectivity index (χ4v) is 4.09. The molecule has 1 heterocycles. The van der Waals surface area contributed by atoms with Crippen LogP contribution in [0, 0.1) is 5.82 Å². The van der Waals surface area contributed by atoms with E-state index in [9.17, 15) is 12.8 Å². The van der Waals surface area contributed by atoms with Crippen LogP contribution in [0.15, 0.2) is 23.1 Å². The van der Waals surface area contributed by atoms with Crippen molar-refractivity contribution in [3.8, 4) is 0 Å². The zero-order valence-electron chi connectivity index (χ0n) is 11.6. The highest BCUT2D eigenvalue weighted by Gasteiger charge is 2.35. The molecule has 0 spiro atoms. The van der Waals surface area contributed by atoms with E-state index in [2.05, 4.69) is 9.62 Å². The van der Waals surface area contributed by atoms with Crippen molar-refractivity contribution in [1.29, 1.82) is 0 Å². The Bertz CT molecular complexity index is 631. The number of nitrogens with zero attached hydrogens (tertiary/aromatic N) is 1. The van der Waals surface area contributed by atoms with Gasteiger partial charge in [0.05, 0.1) is 11.5 Å². The molecular formula is C14H19FN2O3S. The monoisotopic (exact) mass is 314 g/mol. The number of benzene rings is 1. The molecular weight excluding hydrogens is 295 g/mol. The van der Waals surface area contributed by atoms with E-state index in [1.165, 1.54) is 25.0 Å². The molecule has 5 nitrogen and oxygen atoms in total. The number of nitrogens with one attached hydrogen (secondary N) is 1. The zero-order chi connectivity index (χ0) is 15.0. The average molecular weight is 314 g/mol. The molecule has 1 aromatic rings. The van der Waals surface area contributed by atoms with Crippen molar-refractivity contribution in [2.75, 3.05) is 13.1 Å². The summed E-state index contributed by atoms with van der Waals surface area (Å²) in [5.41, 5.74) is -0.0103. The summed E-state index contributed by atoms with van der Waals surface area (Å²) < 4.78 is 40.7. The van der Waals surface area contributed by atoms with Crippen LogP contribution in [0.3, 0.4) is 0 Å². The van der Waals surface area contributed by atoms with Crippen molar-refractivity contribution >= 4 is 10.0 Å². The van der Waals surface area contributed by atoms with Gasteiger partial charge in [-0.1, -0.05) is 0 Å². The number of halogens is 1. The number of hydrogen-bond donors (Lipinski definition) is 2. The highest BCUT2D eigenvalue weighted by molar-refractivity contribution is 7.89. The second-order valence-electron chi connectivity index (χ2n) is 5.74. The Morgan fingerprint density at radius 3 is 2.76 bits per heavy atom. The van der Waals surface area contributed by atoms with Crippen molar-refractivity contribution in [3.05, 3.63) is 29.6 Å². The van der Waals surface area contributed by atoms with E-state index in [0.717, 1.165) is 25.6 Å². The Morgan fingerprint density at radius 1 is 1.33 bits per heavy atom. The summed E-state index contributed by atoms with van der Waals surface area (Å²) in [5.74, 6) is -0.600.